The maximum atomic E-state index is 12.0. The molecule has 3 amide bonds. The van der Waals surface area contributed by atoms with E-state index in [-0.39, 0.29) is 35.4 Å². The summed E-state index contributed by atoms with van der Waals surface area (Å²) >= 11 is 1.89. The minimum Gasteiger partial charge on any atom is -0.379 e. The zero-order valence-electron chi connectivity index (χ0n) is 20.1. The molecule has 0 aliphatic carbocycles. The molecule has 1 unspecified atom stereocenters. The highest BCUT2D eigenvalue weighted by molar-refractivity contribution is 8.00. The minimum atomic E-state index is -0.511. The molecule has 0 saturated carbocycles. The average Bonchev–Trinajstić information content (AvgIpc) is 3.40. The molecule has 3 atom stereocenters. The molecule has 0 radical (unpaired) electrons. The summed E-state index contributed by atoms with van der Waals surface area (Å²) in [7, 11) is 0. The van der Waals surface area contributed by atoms with Gasteiger partial charge >= 0.3 is 6.03 Å². The predicted octanol–water partition coefficient (Wildman–Crippen LogP) is 3.16. The van der Waals surface area contributed by atoms with E-state index in [0.29, 0.717) is 30.4 Å². The van der Waals surface area contributed by atoms with Crippen molar-refractivity contribution in [1.29, 1.82) is 0 Å². The van der Waals surface area contributed by atoms with Gasteiger partial charge in [-0.15, -0.1) is 0 Å². The first-order chi connectivity index (χ1) is 17.5. The van der Waals surface area contributed by atoms with E-state index < -0.39 is 4.92 Å². The number of hydrogen-bond donors (Lipinski definition) is 5. The van der Waals surface area contributed by atoms with Crippen molar-refractivity contribution in [2.24, 2.45) is 5.11 Å². The number of benzene rings is 1. The summed E-state index contributed by atoms with van der Waals surface area (Å²) < 4.78 is 0. The van der Waals surface area contributed by atoms with Crippen LogP contribution in [0.2, 0.25) is 0 Å². The van der Waals surface area contributed by atoms with Crippen LogP contribution in [-0.4, -0.2) is 66.1 Å². The standard InChI is InChI=1S/C22H33N9O4S/c23-30-29-15-7-8-16(18(13-15)31(34)35)25-11-3-9-24-10-4-12-26-20(32)6-2-1-5-19-21-17(14-36-19)27-22(33)28-21/h7-8,13,17,19,21,24-25H,1-6,9-12,14H2,(H,26,32)(H2,27,28,33)/t17-,19?,21-/m0/s1. The van der Waals surface area contributed by atoms with Crippen LogP contribution in [0.25, 0.3) is 10.4 Å². The number of thioether (sulfide) groups is 1. The van der Waals surface area contributed by atoms with Crippen molar-refractivity contribution in [2.45, 2.75) is 55.9 Å². The lowest BCUT2D eigenvalue weighted by Gasteiger charge is -2.16. The maximum Gasteiger partial charge on any atom is 0.315 e. The molecule has 2 saturated heterocycles. The molecule has 1 aromatic rings. The fraction of sp³-hybridized carbons (Fsp3) is 0.636. The predicted molar refractivity (Wildman–Crippen MR) is 139 cm³/mol. The summed E-state index contributed by atoms with van der Waals surface area (Å²) in [5, 5.41) is 30.2. The van der Waals surface area contributed by atoms with Crippen LogP contribution in [0.4, 0.5) is 21.9 Å². The Bertz CT molecular complexity index is 973. The number of urea groups is 1. The Labute approximate surface area is 213 Å². The first-order valence-electron chi connectivity index (χ1n) is 12.2. The van der Waals surface area contributed by atoms with Crippen molar-refractivity contribution < 1.29 is 14.5 Å². The lowest BCUT2D eigenvalue weighted by atomic mass is 10.0. The van der Waals surface area contributed by atoms with Crippen LogP contribution in [0.15, 0.2) is 23.3 Å². The molecule has 2 aliphatic heterocycles. The summed E-state index contributed by atoms with van der Waals surface area (Å²) in [6.07, 6.45) is 4.93. The number of fused-ring (bicyclic) bond motifs is 1. The third-order valence-electron chi connectivity index (χ3n) is 6.12. The molecule has 2 aliphatic rings. The molecule has 36 heavy (non-hydrogen) atoms. The van der Waals surface area contributed by atoms with E-state index in [9.17, 15) is 19.7 Å². The molecule has 14 heteroatoms. The van der Waals surface area contributed by atoms with Crippen molar-refractivity contribution >= 4 is 40.8 Å². The Hall–Kier alpha value is -3.22. The fourth-order valence-corrected chi connectivity index (χ4v) is 5.84. The third kappa shape index (κ3) is 8.47. The maximum absolute atomic E-state index is 12.0. The van der Waals surface area contributed by atoms with E-state index in [0.717, 1.165) is 50.9 Å². The van der Waals surface area contributed by atoms with E-state index in [4.69, 9.17) is 5.53 Å². The second kappa shape index (κ2) is 14.4. The summed E-state index contributed by atoms with van der Waals surface area (Å²) in [5.74, 6) is 1.02. The van der Waals surface area contributed by atoms with Gasteiger partial charge < -0.3 is 26.6 Å². The number of nitrogens with one attached hydrogen (secondary N) is 5. The second-order valence-corrected chi connectivity index (χ2v) is 10.0. The van der Waals surface area contributed by atoms with E-state index in [2.05, 4.69) is 36.6 Å². The lowest BCUT2D eigenvalue weighted by Crippen LogP contribution is -2.36. The van der Waals surface area contributed by atoms with Crippen molar-refractivity contribution in [3.63, 3.8) is 0 Å². The van der Waals surface area contributed by atoms with Gasteiger partial charge in [-0.2, -0.15) is 11.8 Å². The van der Waals surface area contributed by atoms with Crippen LogP contribution in [0.5, 0.6) is 0 Å². The van der Waals surface area contributed by atoms with Gasteiger partial charge in [0.05, 0.1) is 17.0 Å². The smallest absolute Gasteiger partial charge is 0.315 e. The van der Waals surface area contributed by atoms with Gasteiger partial charge in [0.1, 0.15) is 5.69 Å². The monoisotopic (exact) mass is 519 g/mol. The Morgan fingerprint density at radius 1 is 1.19 bits per heavy atom. The molecule has 3 rings (SSSR count). The molecule has 1 aromatic carbocycles. The van der Waals surface area contributed by atoms with Gasteiger partial charge in [0.25, 0.3) is 5.69 Å². The largest absolute Gasteiger partial charge is 0.379 e. The highest BCUT2D eigenvalue weighted by Crippen LogP contribution is 2.33. The summed E-state index contributed by atoms with van der Waals surface area (Å²) in [4.78, 5) is 36.8. The molecular weight excluding hydrogens is 486 g/mol. The van der Waals surface area contributed by atoms with E-state index in [1.807, 2.05) is 11.8 Å². The number of nitro benzene ring substituents is 1. The number of unbranched alkanes of at least 4 members (excludes halogenated alkanes) is 1. The van der Waals surface area contributed by atoms with Crippen molar-refractivity contribution in [1.82, 2.24) is 21.3 Å². The van der Waals surface area contributed by atoms with Gasteiger partial charge in [0.15, 0.2) is 0 Å². The topological polar surface area (TPSA) is 186 Å². The van der Waals surface area contributed by atoms with E-state index >= 15 is 0 Å². The first kappa shape index (κ1) is 27.4. The number of carbonyl (C=O) groups is 2. The Balaban J connectivity index is 1.16. The summed E-state index contributed by atoms with van der Waals surface area (Å²) in [6.45, 7) is 2.67. The average molecular weight is 520 g/mol. The van der Waals surface area contributed by atoms with E-state index in [1.54, 1.807) is 0 Å². The highest BCUT2D eigenvalue weighted by atomic mass is 32.2. The molecule has 0 spiro atoms. The van der Waals surface area contributed by atoms with Crippen molar-refractivity contribution in [3.8, 4) is 0 Å². The minimum absolute atomic E-state index is 0.0673. The van der Waals surface area contributed by atoms with Crippen LogP contribution >= 0.6 is 11.8 Å². The molecule has 0 bridgehead atoms. The van der Waals surface area contributed by atoms with Crippen LogP contribution in [0.3, 0.4) is 0 Å². The number of azide groups is 1. The van der Waals surface area contributed by atoms with Gasteiger partial charge in [0, 0.05) is 47.2 Å². The van der Waals surface area contributed by atoms with Crippen LogP contribution < -0.4 is 26.6 Å². The summed E-state index contributed by atoms with van der Waals surface area (Å²) in [6, 6.07) is 4.70. The summed E-state index contributed by atoms with van der Waals surface area (Å²) in [5.41, 5.74) is 8.91. The number of nitro groups is 1. The number of rotatable bonds is 16. The van der Waals surface area contributed by atoms with Crippen molar-refractivity contribution in [3.05, 3.63) is 38.8 Å². The quantitative estimate of drug-likeness (QED) is 0.0422. The van der Waals surface area contributed by atoms with Gasteiger partial charge in [0.2, 0.25) is 5.91 Å². The Morgan fingerprint density at radius 2 is 2.00 bits per heavy atom. The van der Waals surface area contributed by atoms with Gasteiger partial charge in [-0.1, -0.05) is 17.6 Å². The second-order valence-electron chi connectivity index (χ2n) is 8.75. The van der Waals surface area contributed by atoms with Crippen LogP contribution in [0.1, 0.15) is 38.5 Å². The molecule has 2 heterocycles. The molecule has 0 aromatic heterocycles. The zero-order valence-corrected chi connectivity index (χ0v) is 20.9. The SMILES string of the molecule is [N-]=[N+]=Nc1ccc(NCCCNCCCNC(=O)CCCCC2SC[C@@H]3NC(=O)N[C@H]23)c([N+](=O)[O-])c1. The normalized spacial score (nSPS) is 20.1. The molecule has 13 nitrogen and oxygen atoms in total. The number of amides is 3. The number of carbonyl (C=O) groups excluding carboxylic acids is 2. The molecule has 5 N–H and O–H groups in total. The van der Waals surface area contributed by atoms with Gasteiger partial charge in [-0.05, 0) is 50.4 Å². The third-order valence-corrected chi connectivity index (χ3v) is 7.63. The van der Waals surface area contributed by atoms with Gasteiger partial charge in [-0.25, -0.2) is 4.79 Å². The zero-order chi connectivity index (χ0) is 25.8. The lowest BCUT2D eigenvalue weighted by molar-refractivity contribution is -0.383. The number of hydrogen-bond acceptors (Lipinski definition) is 8. The fourth-order valence-electron chi connectivity index (χ4n) is 4.30. The Kier molecular flexibility index (Phi) is 10.9. The Morgan fingerprint density at radius 3 is 2.78 bits per heavy atom. The van der Waals surface area contributed by atoms with Crippen LogP contribution in [0, 0.1) is 10.1 Å². The highest BCUT2D eigenvalue weighted by Gasteiger charge is 2.42. The first-order valence-corrected chi connectivity index (χ1v) is 13.3. The van der Waals surface area contributed by atoms with Gasteiger partial charge in [-0.3, -0.25) is 14.9 Å². The molecular formula is C22H33N9O4S. The van der Waals surface area contributed by atoms with E-state index in [1.165, 1.54) is 18.2 Å². The number of nitrogens with zero attached hydrogens (tertiary/aromatic N) is 4. The number of anilines is 1. The molecule has 2 fully saturated rings. The van der Waals surface area contributed by atoms with Crippen molar-refractivity contribution in [2.75, 3.05) is 37.2 Å². The van der Waals surface area contributed by atoms with Crippen LogP contribution in [-0.2, 0) is 4.79 Å². The molecule has 196 valence electrons.